The van der Waals surface area contributed by atoms with Gasteiger partial charge >= 0.3 is 17.9 Å². The predicted molar refractivity (Wildman–Crippen MR) is 307 cm³/mol. The number of carbonyl (C=O) groups excluding carboxylic acids is 3. The highest BCUT2D eigenvalue weighted by Gasteiger charge is 2.19. The van der Waals surface area contributed by atoms with Crippen LogP contribution in [0.1, 0.15) is 303 Å². The van der Waals surface area contributed by atoms with Crippen molar-refractivity contribution < 1.29 is 28.6 Å². The average Bonchev–Trinajstić information content (AvgIpc) is 3.37. The van der Waals surface area contributed by atoms with Crippen molar-refractivity contribution in [3.05, 3.63) is 72.9 Å². The van der Waals surface area contributed by atoms with Crippen LogP contribution in [0, 0.1) is 0 Å². The Balaban J connectivity index is 4.48. The first-order valence-corrected chi connectivity index (χ1v) is 30.4. The molecule has 0 aromatic carbocycles. The van der Waals surface area contributed by atoms with Gasteiger partial charge in [0.15, 0.2) is 6.10 Å². The summed E-state index contributed by atoms with van der Waals surface area (Å²) < 4.78 is 16.8. The Labute approximate surface area is 440 Å². The summed E-state index contributed by atoms with van der Waals surface area (Å²) in [7, 11) is 0. The highest BCUT2D eigenvalue weighted by molar-refractivity contribution is 5.71. The molecule has 0 bridgehead atoms. The van der Waals surface area contributed by atoms with E-state index in [9.17, 15) is 14.4 Å². The van der Waals surface area contributed by atoms with Crippen molar-refractivity contribution >= 4 is 17.9 Å². The number of carbonyl (C=O) groups is 3. The van der Waals surface area contributed by atoms with E-state index in [0.29, 0.717) is 19.3 Å². The number of esters is 3. The topological polar surface area (TPSA) is 78.9 Å². The maximum Gasteiger partial charge on any atom is 0.306 e. The molecule has 0 saturated heterocycles. The third-order valence-corrected chi connectivity index (χ3v) is 13.2. The zero-order valence-electron chi connectivity index (χ0n) is 47.0. The molecule has 0 saturated carbocycles. The Morgan fingerprint density at radius 3 is 0.845 bits per heavy atom. The normalized spacial score (nSPS) is 12.5. The molecule has 0 aliphatic rings. The fraction of sp³-hybridized carbons (Fsp3) is 0.769. The summed E-state index contributed by atoms with van der Waals surface area (Å²) in [6.45, 7) is 6.57. The Morgan fingerprint density at radius 1 is 0.282 bits per heavy atom. The van der Waals surface area contributed by atoms with Crippen LogP contribution in [0.15, 0.2) is 72.9 Å². The van der Waals surface area contributed by atoms with Gasteiger partial charge < -0.3 is 14.2 Å². The van der Waals surface area contributed by atoms with Gasteiger partial charge in [-0.25, -0.2) is 0 Å². The van der Waals surface area contributed by atoms with Gasteiger partial charge in [-0.1, -0.05) is 273 Å². The molecule has 6 nitrogen and oxygen atoms in total. The molecule has 0 heterocycles. The maximum absolute atomic E-state index is 12.8. The SMILES string of the molecule is CCCCCCCC/C=C\C/C=C\C/C=C\CCCC(=O)OC[C@H](COC(=O)CCCCCCCCCCCCCCCCCCCCC)OC(=O)CCC/C=C\C/C=C\C/C=C\CCCCCCCC. The van der Waals surface area contributed by atoms with Crippen molar-refractivity contribution in [2.24, 2.45) is 0 Å². The second kappa shape index (κ2) is 59.4. The minimum absolute atomic E-state index is 0.109. The summed E-state index contributed by atoms with van der Waals surface area (Å²) in [6, 6.07) is 0. The minimum atomic E-state index is -0.821. The average molecular weight is 992 g/mol. The van der Waals surface area contributed by atoms with Gasteiger partial charge in [-0.05, 0) is 83.5 Å². The molecule has 0 aromatic heterocycles. The van der Waals surface area contributed by atoms with Crippen LogP contribution in [0.25, 0.3) is 0 Å². The second-order valence-corrected chi connectivity index (χ2v) is 20.3. The molecular weight excluding hydrogens is 877 g/mol. The molecule has 0 N–H and O–H groups in total. The lowest BCUT2D eigenvalue weighted by molar-refractivity contribution is -0.167. The first-order chi connectivity index (χ1) is 35.0. The van der Waals surface area contributed by atoms with Crippen molar-refractivity contribution in [3.63, 3.8) is 0 Å². The van der Waals surface area contributed by atoms with E-state index in [4.69, 9.17) is 14.2 Å². The number of unbranched alkanes of at least 4 members (excludes halogenated alkanes) is 32. The molecule has 0 radical (unpaired) electrons. The number of rotatable bonds is 55. The number of allylic oxidation sites excluding steroid dienone is 12. The van der Waals surface area contributed by atoms with Crippen LogP contribution in [0.3, 0.4) is 0 Å². The van der Waals surface area contributed by atoms with Crippen LogP contribution >= 0.6 is 0 Å². The smallest absolute Gasteiger partial charge is 0.306 e. The molecule has 6 heteroatoms. The van der Waals surface area contributed by atoms with Crippen molar-refractivity contribution in [1.82, 2.24) is 0 Å². The third kappa shape index (κ3) is 57.6. The van der Waals surface area contributed by atoms with E-state index in [0.717, 1.165) is 57.8 Å². The summed E-state index contributed by atoms with van der Waals surface area (Å²) in [4.78, 5) is 38.2. The quantitative estimate of drug-likeness (QED) is 0.0261. The number of hydrogen-bond donors (Lipinski definition) is 0. The molecular formula is C65H114O6. The zero-order valence-corrected chi connectivity index (χ0v) is 47.0. The molecule has 0 aliphatic heterocycles. The Kier molecular flexibility index (Phi) is 56.8. The fourth-order valence-electron chi connectivity index (χ4n) is 8.59. The molecule has 0 fully saturated rings. The lowest BCUT2D eigenvalue weighted by Gasteiger charge is -2.18. The Morgan fingerprint density at radius 2 is 0.521 bits per heavy atom. The van der Waals surface area contributed by atoms with E-state index in [1.54, 1.807) is 0 Å². The van der Waals surface area contributed by atoms with Gasteiger partial charge in [-0.3, -0.25) is 14.4 Å². The van der Waals surface area contributed by atoms with Gasteiger partial charge in [-0.2, -0.15) is 0 Å². The summed E-state index contributed by atoms with van der Waals surface area (Å²) in [5, 5.41) is 0. The predicted octanol–water partition coefficient (Wildman–Crippen LogP) is 20.5. The summed E-state index contributed by atoms with van der Waals surface area (Å²) in [5.74, 6) is -1.00. The van der Waals surface area contributed by atoms with Crippen molar-refractivity contribution in [2.75, 3.05) is 13.2 Å². The molecule has 71 heavy (non-hydrogen) atoms. The molecule has 0 amide bonds. The molecule has 0 aromatic rings. The second-order valence-electron chi connectivity index (χ2n) is 20.3. The van der Waals surface area contributed by atoms with Gasteiger partial charge in [0, 0.05) is 19.3 Å². The summed E-state index contributed by atoms with van der Waals surface area (Å²) in [6.07, 6.45) is 76.3. The van der Waals surface area contributed by atoms with E-state index in [-0.39, 0.29) is 44.0 Å². The molecule has 410 valence electrons. The Bertz CT molecular complexity index is 1320. The summed E-state index contributed by atoms with van der Waals surface area (Å²) >= 11 is 0. The first-order valence-electron chi connectivity index (χ1n) is 30.4. The van der Waals surface area contributed by atoms with Crippen LogP contribution in [0.5, 0.6) is 0 Å². The number of ether oxygens (including phenoxy) is 3. The van der Waals surface area contributed by atoms with Gasteiger partial charge in [-0.15, -0.1) is 0 Å². The van der Waals surface area contributed by atoms with Gasteiger partial charge in [0.25, 0.3) is 0 Å². The van der Waals surface area contributed by atoms with E-state index >= 15 is 0 Å². The highest BCUT2D eigenvalue weighted by Crippen LogP contribution is 2.16. The van der Waals surface area contributed by atoms with Crippen LogP contribution in [-0.2, 0) is 28.6 Å². The van der Waals surface area contributed by atoms with E-state index in [2.05, 4.69) is 93.7 Å². The van der Waals surface area contributed by atoms with Crippen LogP contribution in [-0.4, -0.2) is 37.2 Å². The Hall–Kier alpha value is -3.15. The number of hydrogen-bond acceptors (Lipinski definition) is 6. The van der Waals surface area contributed by atoms with Gasteiger partial charge in [0.1, 0.15) is 13.2 Å². The molecule has 0 aliphatic carbocycles. The standard InChI is InChI=1S/C65H114O6/c1-4-7-10-13-16-19-22-25-28-31-32-35-37-40-43-46-49-52-55-58-64(67)70-61-62(71-65(68)59-56-53-50-47-44-41-38-34-30-27-24-21-18-15-12-9-6-3)60-69-63(66)57-54-51-48-45-42-39-36-33-29-26-23-20-17-14-11-8-5-2/h26-27,29-30,36,38-39,41,45,47-48,50,62H,4-25,28,31-35,37,40,42-44,46,49,51-61H2,1-3H3/b29-26-,30-27-,39-36-,41-38-,48-45-,50-47-/t62-/m1/s1. The lowest BCUT2D eigenvalue weighted by atomic mass is 10.0. The van der Waals surface area contributed by atoms with Crippen LogP contribution in [0.4, 0.5) is 0 Å². The monoisotopic (exact) mass is 991 g/mol. The molecule has 0 spiro atoms. The third-order valence-electron chi connectivity index (χ3n) is 13.2. The minimum Gasteiger partial charge on any atom is -0.462 e. The van der Waals surface area contributed by atoms with Crippen molar-refractivity contribution in [2.45, 2.75) is 309 Å². The van der Waals surface area contributed by atoms with Gasteiger partial charge in [0.2, 0.25) is 0 Å². The van der Waals surface area contributed by atoms with Crippen molar-refractivity contribution in [3.8, 4) is 0 Å². The summed E-state index contributed by atoms with van der Waals surface area (Å²) in [5.41, 5.74) is 0. The molecule has 0 unspecified atom stereocenters. The van der Waals surface area contributed by atoms with E-state index in [1.165, 1.54) is 193 Å². The zero-order chi connectivity index (χ0) is 51.4. The van der Waals surface area contributed by atoms with Crippen LogP contribution < -0.4 is 0 Å². The lowest BCUT2D eigenvalue weighted by Crippen LogP contribution is -2.30. The fourth-order valence-corrected chi connectivity index (χ4v) is 8.59. The van der Waals surface area contributed by atoms with E-state index in [1.807, 2.05) is 0 Å². The highest BCUT2D eigenvalue weighted by atomic mass is 16.6. The van der Waals surface area contributed by atoms with Crippen molar-refractivity contribution in [1.29, 1.82) is 0 Å². The molecule has 1 atom stereocenters. The first kappa shape index (κ1) is 67.8. The maximum atomic E-state index is 12.8. The van der Waals surface area contributed by atoms with Crippen LogP contribution in [0.2, 0.25) is 0 Å². The van der Waals surface area contributed by atoms with Gasteiger partial charge in [0.05, 0.1) is 0 Å². The molecule has 0 rings (SSSR count). The largest absolute Gasteiger partial charge is 0.462 e. The van der Waals surface area contributed by atoms with E-state index < -0.39 is 6.10 Å².